The molecule has 1 aliphatic rings. The molecule has 3 heterocycles. The number of thiophene rings is 1. The van der Waals surface area contributed by atoms with Gasteiger partial charge in [0.1, 0.15) is 28.2 Å². The summed E-state index contributed by atoms with van der Waals surface area (Å²) in [5.74, 6) is 1.70. The standard InChI is InChI=1S/C24H29N7O2S2/c1-30(2)8-5-9-31(3)24(32)14-6-7-15-19(10-14)34-23-21(15)22(25-13-26-23)27-16-12-20-17(28-29-35-20)11-18(16)33-4/h11-14H,5-10H2,1-4H3,(H,25,26,27)/t14-/m0/s1. The number of hydrogen-bond acceptors (Lipinski definition) is 10. The molecule has 11 heteroatoms. The van der Waals surface area contributed by atoms with E-state index in [2.05, 4.69) is 43.9 Å². The molecule has 0 bridgehead atoms. The van der Waals surface area contributed by atoms with Gasteiger partial charge in [-0.2, -0.15) is 0 Å². The van der Waals surface area contributed by atoms with Crippen LogP contribution in [0, 0.1) is 5.92 Å². The van der Waals surface area contributed by atoms with Crippen molar-refractivity contribution in [3.8, 4) is 5.75 Å². The van der Waals surface area contributed by atoms with Crippen LogP contribution in [0.5, 0.6) is 5.75 Å². The molecule has 1 aromatic carbocycles. The summed E-state index contributed by atoms with van der Waals surface area (Å²) in [4.78, 5) is 28.5. The van der Waals surface area contributed by atoms with Crippen LogP contribution in [0.1, 0.15) is 23.3 Å². The van der Waals surface area contributed by atoms with Crippen LogP contribution in [-0.2, 0) is 17.6 Å². The molecule has 184 valence electrons. The van der Waals surface area contributed by atoms with E-state index in [1.807, 2.05) is 24.1 Å². The number of benzene rings is 1. The van der Waals surface area contributed by atoms with Crippen molar-refractivity contribution in [1.29, 1.82) is 0 Å². The summed E-state index contributed by atoms with van der Waals surface area (Å²) in [7, 11) is 7.68. The molecule has 4 aromatic rings. The number of carbonyl (C=O) groups is 1. The van der Waals surface area contributed by atoms with Gasteiger partial charge in [0.2, 0.25) is 5.91 Å². The molecular formula is C24H29N7O2S2. The fourth-order valence-electron chi connectivity index (χ4n) is 4.66. The third kappa shape index (κ3) is 4.80. The van der Waals surface area contributed by atoms with Crippen molar-refractivity contribution in [1.82, 2.24) is 29.4 Å². The lowest BCUT2D eigenvalue weighted by molar-refractivity contribution is -0.134. The van der Waals surface area contributed by atoms with Gasteiger partial charge < -0.3 is 19.9 Å². The molecule has 0 aliphatic heterocycles. The Morgan fingerprint density at radius 2 is 2.09 bits per heavy atom. The average Bonchev–Trinajstić information content (AvgIpc) is 3.46. The molecule has 0 spiro atoms. The molecular weight excluding hydrogens is 482 g/mol. The molecule has 0 saturated heterocycles. The van der Waals surface area contributed by atoms with Crippen molar-refractivity contribution in [3.05, 3.63) is 28.9 Å². The molecule has 0 fully saturated rings. The Bertz CT molecular complexity index is 1370. The smallest absolute Gasteiger partial charge is 0.225 e. The van der Waals surface area contributed by atoms with Crippen LogP contribution in [0.25, 0.3) is 20.4 Å². The van der Waals surface area contributed by atoms with Gasteiger partial charge >= 0.3 is 0 Å². The minimum absolute atomic E-state index is 0.0191. The van der Waals surface area contributed by atoms with E-state index in [9.17, 15) is 4.79 Å². The van der Waals surface area contributed by atoms with E-state index in [1.54, 1.807) is 24.8 Å². The van der Waals surface area contributed by atoms with Gasteiger partial charge in [-0.25, -0.2) is 9.97 Å². The fraction of sp³-hybridized carbons (Fsp3) is 0.458. The minimum atomic E-state index is 0.0191. The fourth-order valence-corrected chi connectivity index (χ4v) is 6.51. The van der Waals surface area contributed by atoms with Crippen molar-refractivity contribution in [3.63, 3.8) is 0 Å². The third-order valence-electron chi connectivity index (χ3n) is 6.49. The average molecular weight is 512 g/mol. The second-order valence-electron chi connectivity index (χ2n) is 9.18. The zero-order chi connectivity index (χ0) is 24.5. The summed E-state index contributed by atoms with van der Waals surface area (Å²) in [6.07, 6.45) is 5.01. The van der Waals surface area contributed by atoms with E-state index in [0.717, 1.165) is 70.7 Å². The summed E-state index contributed by atoms with van der Waals surface area (Å²) < 4.78 is 10.6. The molecule has 9 nitrogen and oxygen atoms in total. The van der Waals surface area contributed by atoms with E-state index in [-0.39, 0.29) is 11.8 Å². The maximum atomic E-state index is 13.1. The molecule has 5 rings (SSSR count). The molecule has 1 aliphatic carbocycles. The van der Waals surface area contributed by atoms with Gasteiger partial charge in [0.25, 0.3) is 0 Å². The highest BCUT2D eigenvalue weighted by molar-refractivity contribution is 7.19. The Kier molecular flexibility index (Phi) is 6.81. The Balaban J connectivity index is 1.39. The van der Waals surface area contributed by atoms with Crippen molar-refractivity contribution in [2.45, 2.75) is 25.7 Å². The molecule has 3 aromatic heterocycles. The molecule has 35 heavy (non-hydrogen) atoms. The van der Waals surface area contributed by atoms with E-state index in [1.165, 1.54) is 22.0 Å². The normalized spacial score (nSPS) is 15.5. The van der Waals surface area contributed by atoms with Crippen LogP contribution in [0.15, 0.2) is 18.5 Å². The van der Waals surface area contributed by atoms with Gasteiger partial charge in [0.05, 0.1) is 22.9 Å². The Hall–Kier alpha value is -2.89. The number of carbonyl (C=O) groups excluding carboxylic acids is 1. The summed E-state index contributed by atoms with van der Waals surface area (Å²) in [5.41, 5.74) is 2.88. The van der Waals surface area contributed by atoms with Gasteiger partial charge in [-0.1, -0.05) is 4.49 Å². The predicted octanol–water partition coefficient (Wildman–Crippen LogP) is 3.96. The van der Waals surface area contributed by atoms with Crippen LogP contribution < -0.4 is 10.1 Å². The zero-order valence-electron chi connectivity index (χ0n) is 20.4. The number of aryl methyl sites for hydroxylation is 1. The lowest BCUT2D eigenvalue weighted by Gasteiger charge is -2.27. The number of anilines is 2. The van der Waals surface area contributed by atoms with E-state index in [4.69, 9.17) is 4.74 Å². The van der Waals surface area contributed by atoms with Crippen molar-refractivity contribution >= 4 is 60.7 Å². The molecule has 1 amide bonds. The third-order valence-corrected chi connectivity index (χ3v) is 8.34. The first-order valence-electron chi connectivity index (χ1n) is 11.7. The number of ether oxygens (including phenoxy) is 1. The lowest BCUT2D eigenvalue weighted by atomic mass is 9.87. The van der Waals surface area contributed by atoms with Crippen molar-refractivity contribution < 1.29 is 9.53 Å². The Labute approximate surface area is 212 Å². The molecule has 0 radical (unpaired) electrons. The predicted molar refractivity (Wildman–Crippen MR) is 141 cm³/mol. The first kappa shape index (κ1) is 23.8. The second-order valence-corrected chi connectivity index (χ2v) is 11.1. The van der Waals surface area contributed by atoms with Crippen LogP contribution in [0.3, 0.4) is 0 Å². The number of nitrogens with one attached hydrogen (secondary N) is 1. The maximum Gasteiger partial charge on any atom is 0.225 e. The maximum absolute atomic E-state index is 13.1. The number of fused-ring (bicyclic) bond motifs is 4. The SMILES string of the molecule is COc1cc2nnsc2cc1Nc1ncnc2sc3c(c12)CC[C@H](C(=O)N(C)CCCN(C)C)C3. The Morgan fingerprint density at radius 1 is 1.23 bits per heavy atom. The highest BCUT2D eigenvalue weighted by atomic mass is 32.1. The number of hydrogen-bond donors (Lipinski definition) is 1. The summed E-state index contributed by atoms with van der Waals surface area (Å²) in [6.45, 7) is 1.77. The number of methoxy groups -OCH3 is 1. The first-order chi connectivity index (χ1) is 16.9. The van der Waals surface area contributed by atoms with Crippen LogP contribution in [0.2, 0.25) is 0 Å². The minimum Gasteiger partial charge on any atom is -0.494 e. The molecule has 1 N–H and O–H groups in total. The summed E-state index contributed by atoms with van der Waals surface area (Å²) in [5, 5.41) is 8.65. The number of nitrogens with zero attached hydrogens (tertiary/aromatic N) is 6. The number of aromatic nitrogens is 4. The van der Waals surface area contributed by atoms with Gasteiger partial charge in [-0.05, 0) is 69.5 Å². The summed E-state index contributed by atoms with van der Waals surface area (Å²) in [6, 6.07) is 3.88. The van der Waals surface area contributed by atoms with Crippen molar-refractivity contribution in [2.75, 3.05) is 46.7 Å². The monoisotopic (exact) mass is 511 g/mol. The first-order valence-corrected chi connectivity index (χ1v) is 13.3. The topological polar surface area (TPSA) is 96.4 Å². The van der Waals surface area contributed by atoms with Gasteiger partial charge in [0, 0.05) is 30.5 Å². The Morgan fingerprint density at radius 3 is 2.89 bits per heavy atom. The molecule has 0 unspecified atom stereocenters. The summed E-state index contributed by atoms with van der Waals surface area (Å²) >= 11 is 3.02. The van der Waals surface area contributed by atoms with E-state index in [0.29, 0.717) is 5.75 Å². The number of amides is 1. The van der Waals surface area contributed by atoms with Gasteiger partial charge in [0.15, 0.2) is 0 Å². The quantitative estimate of drug-likeness (QED) is 0.380. The second kappa shape index (κ2) is 10.00. The number of rotatable bonds is 8. The van der Waals surface area contributed by atoms with E-state index < -0.39 is 0 Å². The van der Waals surface area contributed by atoms with Crippen LogP contribution >= 0.6 is 22.9 Å². The molecule has 1 atom stereocenters. The van der Waals surface area contributed by atoms with Crippen LogP contribution in [0.4, 0.5) is 11.5 Å². The van der Waals surface area contributed by atoms with Gasteiger partial charge in [-0.15, -0.1) is 16.4 Å². The molecule has 0 saturated carbocycles. The van der Waals surface area contributed by atoms with Crippen molar-refractivity contribution in [2.24, 2.45) is 5.92 Å². The van der Waals surface area contributed by atoms with Crippen LogP contribution in [-0.4, -0.2) is 76.6 Å². The highest BCUT2D eigenvalue weighted by Crippen LogP contribution is 2.42. The highest BCUT2D eigenvalue weighted by Gasteiger charge is 2.30. The zero-order valence-corrected chi connectivity index (χ0v) is 22.0. The van der Waals surface area contributed by atoms with E-state index >= 15 is 0 Å². The lowest BCUT2D eigenvalue weighted by Crippen LogP contribution is -2.36. The van der Waals surface area contributed by atoms with Gasteiger partial charge in [-0.3, -0.25) is 4.79 Å². The largest absolute Gasteiger partial charge is 0.494 e.